The van der Waals surface area contributed by atoms with Gasteiger partial charge in [-0.25, -0.2) is 0 Å². The minimum atomic E-state index is -0.463. The van der Waals surface area contributed by atoms with Crippen LogP contribution >= 0.6 is 0 Å². The summed E-state index contributed by atoms with van der Waals surface area (Å²) in [6.45, 7) is 0. The lowest BCUT2D eigenvalue weighted by Crippen LogP contribution is -2.26. The highest BCUT2D eigenvalue weighted by Crippen LogP contribution is 2.63. The van der Waals surface area contributed by atoms with Gasteiger partial charge >= 0.3 is 0 Å². The second kappa shape index (κ2) is 12.9. The van der Waals surface area contributed by atoms with Gasteiger partial charge in [0.2, 0.25) is 0 Å². The minimum absolute atomic E-state index is 0.463. The van der Waals surface area contributed by atoms with Crippen LogP contribution in [0.1, 0.15) is 22.3 Å². The first-order valence-corrected chi connectivity index (χ1v) is 21.9. The molecule has 2 aliphatic rings. The van der Waals surface area contributed by atoms with E-state index in [-0.39, 0.29) is 0 Å². The molecule has 2 aliphatic carbocycles. The van der Waals surface area contributed by atoms with E-state index in [0.717, 1.165) is 11.4 Å². The maximum Gasteiger partial charge on any atom is 0.0725 e. The normalized spacial score (nSPS) is 13.2. The summed E-state index contributed by atoms with van der Waals surface area (Å²) in [4.78, 5) is 0. The van der Waals surface area contributed by atoms with Crippen LogP contribution in [-0.4, -0.2) is 9.13 Å². The number of fused-ring (bicyclic) bond motifs is 16. The zero-order chi connectivity index (χ0) is 41.2. The van der Waals surface area contributed by atoms with Crippen LogP contribution in [0, 0.1) is 0 Å². The van der Waals surface area contributed by atoms with Gasteiger partial charge in [-0.3, -0.25) is 0 Å². The molecule has 0 radical (unpaired) electrons. The summed E-state index contributed by atoms with van der Waals surface area (Å²) in [5.74, 6) is 0. The third kappa shape index (κ3) is 4.67. The Morgan fingerprint density at radius 2 is 0.540 bits per heavy atom. The van der Waals surface area contributed by atoms with Crippen molar-refractivity contribution in [2.45, 2.75) is 5.41 Å². The van der Waals surface area contributed by atoms with Crippen LogP contribution in [0.15, 0.2) is 231 Å². The van der Waals surface area contributed by atoms with E-state index >= 15 is 0 Å². The highest BCUT2D eigenvalue weighted by atomic mass is 15.0. The van der Waals surface area contributed by atoms with Crippen molar-refractivity contribution in [1.82, 2.24) is 9.13 Å². The molecule has 0 saturated heterocycles. The third-order valence-corrected chi connectivity index (χ3v) is 14.2. The Morgan fingerprint density at radius 1 is 0.238 bits per heavy atom. The Balaban J connectivity index is 0.914. The molecule has 0 saturated carbocycles. The number of para-hydroxylation sites is 4. The molecule has 0 atom stereocenters. The van der Waals surface area contributed by atoms with Crippen molar-refractivity contribution >= 4 is 43.6 Å². The van der Waals surface area contributed by atoms with Gasteiger partial charge < -0.3 is 9.13 Å². The Bertz CT molecular complexity index is 3480. The first-order valence-electron chi connectivity index (χ1n) is 21.9. The van der Waals surface area contributed by atoms with E-state index in [1.807, 2.05) is 0 Å². The molecule has 2 heteroatoms. The summed E-state index contributed by atoms with van der Waals surface area (Å²) in [5, 5.41) is 5.10. The fourth-order valence-corrected chi connectivity index (χ4v) is 11.5. The number of nitrogens with zero attached hydrogens (tertiary/aromatic N) is 2. The van der Waals surface area contributed by atoms with Crippen LogP contribution in [0.4, 0.5) is 0 Å². The molecule has 0 aliphatic heterocycles. The molecule has 14 rings (SSSR count). The first kappa shape index (κ1) is 34.5. The van der Waals surface area contributed by atoms with Gasteiger partial charge in [0.1, 0.15) is 0 Å². The van der Waals surface area contributed by atoms with E-state index in [1.165, 1.54) is 110 Å². The van der Waals surface area contributed by atoms with Crippen LogP contribution in [0.3, 0.4) is 0 Å². The first-order chi connectivity index (χ1) is 31.3. The Hall–Kier alpha value is -8.20. The van der Waals surface area contributed by atoms with Gasteiger partial charge in [0, 0.05) is 32.9 Å². The molecule has 0 amide bonds. The molecule has 0 N–H and O–H groups in total. The SMILES string of the molecule is c1ccc2c(c1)-c1ccccc1C21c2cc(-c3ccc(-n4c5ccccc5c5ccccc54)cc3)ccc2-c2ccc(-c3ccc(-n4c5ccccc5c5ccccc54)cc3)cc21. The largest absolute Gasteiger partial charge is 0.309 e. The predicted octanol–water partition coefficient (Wildman–Crippen LogP) is 15.6. The van der Waals surface area contributed by atoms with Crippen molar-refractivity contribution in [3.63, 3.8) is 0 Å². The van der Waals surface area contributed by atoms with E-state index in [0.29, 0.717) is 0 Å². The number of benzene rings is 10. The van der Waals surface area contributed by atoms with Gasteiger partial charge in [0.15, 0.2) is 0 Å². The molecule has 10 aromatic carbocycles. The summed E-state index contributed by atoms with van der Waals surface area (Å²) in [6, 6.07) is 85.8. The Labute approximate surface area is 365 Å². The summed E-state index contributed by atoms with van der Waals surface area (Å²) in [6.07, 6.45) is 0. The molecule has 0 bridgehead atoms. The molecule has 12 aromatic rings. The predicted molar refractivity (Wildman–Crippen MR) is 262 cm³/mol. The van der Waals surface area contributed by atoms with E-state index in [1.54, 1.807) is 0 Å². The second-order valence-electron chi connectivity index (χ2n) is 17.2. The molecule has 2 heterocycles. The smallest absolute Gasteiger partial charge is 0.0725 e. The quantitative estimate of drug-likeness (QED) is 0.168. The highest BCUT2D eigenvalue weighted by Gasteiger charge is 2.51. The monoisotopic (exact) mass is 798 g/mol. The van der Waals surface area contributed by atoms with Gasteiger partial charge in [-0.05, 0) is 127 Å². The van der Waals surface area contributed by atoms with Gasteiger partial charge in [-0.2, -0.15) is 0 Å². The molecule has 2 aromatic heterocycles. The number of hydrogen-bond donors (Lipinski definition) is 0. The van der Waals surface area contributed by atoms with Crippen LogP contribution in [0.25, 0.3) is 99.5 Å². The maximum atomic E-state index is 2.49. The Morgan fingerprint density at radius 3 is 0.921 bits per heavy atom. The summed E-state index contributed by atoms with van der Waals surface area (Å²) < 4.78 is 4.79. The maximum absolute atomic E-state index is 2.49. The van der Waals surface area contributed by atoms with E-state index in [9.17, 15) is 0 Å². The van der Waals surface area contributed by atoms with Crippen molar-refractivity contribution in [2.24, 2.45) is 0 Å². The van der Waals surface area contributed by atoms with Crippen LogP contribution in [0.2, 0.25) is 0 Å². The van der Waals surface area contributed by atoms with Crippen LogP contribution in [-0.2, 0) is 5.41 Å². The van der Waals surface area contributed by atoms with E-state index in [2.05, 4.69) is 240 Å². The zero-order valence-electron chi connectivity index (χ0n) is 34.3. The third-order valence-electron chi connectivity index (χ3n) is 14.2. The average molecular weight is 799 g/mol. The van der Waals surface area contributed by atoms with Crippen molar-refractivity contribution in [3.05, 3.63) is 253 Å². The van der Waals surface area contributed by atoms with Crippen LogP contribution in [0.5, 0.6) is 0 Å². The lowest BCUT2D eigenvalue weighted by atomic mass is 9.70. The summed E-state index contributed by atoms with van der Waals surface area (Å²) in [5.41, 5.74) is 22.2. The fraction of sp³-hybridized carbons (Fsp3) is 0.0164. The molecule has 292 valence electrons. The molecule has 1 spiro atoms. The Kier molecular flexibility index (Phi) is 7.07. The highest BCUT2D eigenvalue weighted by molar-refractivity contribution is 6.10. The van der Waals surface area contributed by atoms with Crippen molar-refractivity contribution < 1.29 is 0 Å². The molecular weight excluding hydrogens is 761 g/mol. The average Bonchev–Trinajstić information content (AvgIpc) is 4.06. The lowest BCUT2D eigenvalue weighted by Gasteiger charge is -2.31. The molecule has 63 heavy (non-hydrogen) atoms. The topological polar surface area (TPSA) is 9.86 Å². The van der Waals surface area contributed by atoms with Gasteiger partial charge in [-0.1, -0.05) is 170 Å². The van der Waals surface area contributed by atoms with Crippen molar-refractivity contribution in [1.29, 1.82) is 0 Å². The van der Waals surface area contributed by atoms with Gasteiger partial charge in [0.05, 0.1) is 27.5 Å². The molecule has 0 fully saturated rings. The fourth-order valence-electron chi connectivity index (χ4n) is 11.5. The van der Waals surface area contributed by atoms with Gasteiger partial charge in [0.25, 0.3) is 0 Å². The summed E-state index contributed by atoms with van der Waals surface area (Å²) >= 11 is 0. The van der Waals surface area contributed by atoms with E-state index < -0.39 is 5.41 Å². The van der Waals surface area contributed by atoms with Crippen LogP contribution < -0.4 is 0 Å². The molecule has 0 unspecified atom stereocenters. The molecular formula is C61H38N2. The number of rotatable bonds is 4. The minimum Gasteiger partial charge on any atom is -0.309 e. The summed E-state index contributed by atoms with van der Waals surface area (Å²) in [7, 11) is 0. The number of aromatic nitrogens is 2. The van der Waals surface area contributed by atoms with Gasteiger partial charge in [-0.15, -0.1) is 0 Å². The van der Waals surface area contributed by atoms with Crippen molar-refractivity contribution in [2.75, 3.05) is 0 Å². The number of hydrogen-bond acceptors (Lipinski definition) is 0. The van der Waals surface area contributed by atoms with Crippen molar-refractivity contribution in [3.8, 4) is 55.9 Å². The standard InChI is InChI=1S/C61H38N2/c1-7-19-53-45(13-1)46-14-2-8-20-54(46)61(53)55-37-41(39-25-31-43(32-26-39)62-57-21-9-3-15-49(57)50-16-4-10-22-58(50)62)29-35-47(55)48-36-30-42(38-56(48)61)40-27-33-44(34-28-40)63-59-23-11-5-17-51(59)52-18-6-12-24-60(52)63/h1-38H. The lowest BCUT2D eigenvalue weighted by molar-refractivity contribution is 0.794. The zero-order valence-corrected chi connectivity index (χ0v) is 34.3. The second-order valence-corrected chi connectivity index (χ2v) is 17.2. The molecule has 2 nitrogen and oxygen atoms in total. The van der Waals surface area contributed by atoms with E-state index in [4.69, 9.17) is 0 Å².